The molecule has 10 heteroatoms. The van der Waals surface area contributed by atoms with E-state index >= 15 is 0 Å². The van der Waals surface area contributed by atoms with Crippen LogP contribution in [0, 0.1) is 6.92 Å². The molecule has 0 spiro atoms. The largest absolute Gasteiger partial charge is 0.466 e. The number of hydrogen-bond donors (Lipinski definition) is 3. The molecule has 2 aromatic heterocycles. The first-order valence-corrected chi connectivity index (χ1v) is 12.1. The zero-order chi connectivity index (χ0) is 26.1. The molecule has 1 amide bonds. The van der Waals surface area contributed by atoms with Crippen LogP contribution in [0.3, 0.4) is 0 Å². The molecule has 0 unspecified atom stereocenters. The smallest absolute Gasteiger partial charge is 0.328 e. The summed E-state index contributed by atoms with van der Waals surface area (Å²) in [6, 6.07) is 6.29. The summed E-state index contributed by atoms with van der Waals surface area (Å²) in [5.41, 5.74) is 9.40. The standard InChI is InChI=1S/C26H33N5O5/c1-4-35-21(32)14-13-20(26(34)36-5-2)31-25(33)18-11-9-17(10-12-18)7-6-8-19-15-28-24-22(19)23(27)29-16(3)30-24/h9-12,15,20H,4-8,13-14H2,1-3H3,(H,31,33)(H3,27,28,29,30)/t20-/m0/s1. The molecule has 0 saturated heterocycles. The quantitative estimate of drug-likeness (QED) is 0.325. The fourth-order valence-electron chi connectivity index (χ4n) is 3.97. The number of nitrogens with one attached hydrogen (secondary N) is 2. The van der Waals surface area contributed by atoms with Gasteiger partial charge in [-0.1, -0.05) is 12.1 Å². The number of nitrogens with two attached hydrogens (primary N) is 1. The highest BCUT2D eigenvalue weighted by atomic mass is 16.5. The number of nitrogen functional groups attached to an aromatic ring is 1. The summed E-state index contributed by atoms with van der Waals surface area (Å²) >= 11 is 0. The van der Waals surface area contributed by atoms with E-state index in [0.717, 1.165) is 41.4 Å². The van der Waals surface area contributed by atoms with Crippen molar-refractivity contribution in [2.75, 3.05) is 18.9 Å². The maximum absolute atomic E-state index is 12.7. The summed E-state index contributed by atoms with van der Waals surface area (Å²) in [6.45, 7) is 5.63. The Balaban J connectivity index is 1.56. The molecule has 3 aromatic rings. The molecular formula is C26H33N5O5. The Morgan fingerprint density at radius 3 is 2.47 bits per heavy atom. The maximum Gasteiger partial charge on any atom is 0.328 e. The molecule has 0 radical (unpaired) electrons. The van der Waals surface area contributed by atoms with Crippen LogP contribution in [0.2, 0.25) is 0 Å². The Morgan fingerprint density at radius 1 is 1.06 bits per heavy atom. The van der Waals surface area contributed by atoms with Gasteiger partial charge >= 0.3 is 11.9 Å². The van der Waals surface area contributed by atoms with E-state index in [1.807, 2.05) is 18.3 Å². The zero-order valence-corrected chi connectivity index (χ0v) is 20.9. The summed E-state index contributed by atoms with van der Waals surface area (Å²) in [6.07, 6.45) is 4.52. The van der Waals surface area contributed by atoms with Gasteiger partial charge in [-0.2, -0.15) is 0 Å². The third-order valence-corrected chi connectivity index (χ3v) is 5.70. The predicted molar refractivity (Wildman–Crippen MR) is 135 cm³/mol. The van der Waals surface area contributed by atoms with E-state index < -0.39 is 23.9 Å². The SMILES string of the molecule is CCOC(=O)CC[C@H](NC(=O)c1ccc(CCCc2c[nH]c3nc(C)nc(N)c23)cc1)C(=O)OCC. The van der Waals surface area contributed by atoms with Crippen molar-refractivity contribution < 1.29 is 23.9 Å². The number of aromatic amines is 1. The minimum Gasteiger partial charge on any atom is -0.466 e. The molecule has 0 aliphatic heterocycles. The number of anilines is 1. The molecule has 0 bridgehead atoms. The fourth-order valence-corrected chi connectivity index (χ4v) is 3.97. The minimum absolute atomic E-state index is 0.00432. The molecule has 3 rings (SSSR count). The van der Waals surface area contributed by atoms with E-state index in [0.29, 0.717) is 17.2 Å². The number of ether oxygens (including phenoxy) is 2. The van der Waals surface area contributed by atoms with E-state index in [-0.39, 0.29) is 26.1 Å². The number of nitrogens with zero attached hydrogens (tertiary/aromatic N) is 2. The number of carbonyl (C=O) groups is 3. The molecule has 0 saturated carbocycles. The molecule has 0 aliphatic rings. The van der Waals surface area contributed by atoms with Crippen molar-refractivity contribution in [1.82, 2.24) is 20.3 Å². The second-order valence-electron chi connectivity index (χ2n) is 8.37. The maximum atomic E-state index is 12.7. The van der Waals surface area contributed by atoms with Gasteiger partial charge in [0.2, 0.25) is 0 Å². The normalized spacial score (nSPS) is 11.8. The van der Waals surface area contributed by atoms with Crippen LogP contribution >= 0.6 is 0 Å². The zero-order valence-electron chi connectivity index (χ0n) is 20.9. The molecule has 1 aromatic carbocycles. The van der Waals surface area contributed by atoms with Crippen LogP contribution < -0.4 is 11.1 Å². The van der Waals surface area contributed by atoms with Crippen LogP contribution in [-0.2, 0) is 31.9 Å². The highest BCUT2D eigenvalue weighted by Gasteiger charge is 2.24. The number of carbonyl (C=O) groups excluding carboxylic acids is 3. The average Bonchev–Trinajstić information content (AvgIpc) is 3.25. The van der Waals surface area contributed by atoms with Crippen molar-refractivity contribution in [3.8, 4) is 0 Å². The first kappa shape index (κ1) is 26.7. The van der Waals surface area contributed by atoms with Gasteiger partial charge in [0.05, 0.1) is 18.6 Å². The molecule has 0 fully saturated rings. The number of esters is 2. The van der Waals surface area contributed by atoms with E-state index in [4.69, 9.17) is 15.2 Å². The van der Waals surface area contributed by atoms with Gasteiger partial charge in [0, 0.05) is 18.2 Å². The number of rotatable bonds is 12. The lowest BCUT2D eigenvalue weighted by molar-refractivity contribution is -0.146. The Bertz CT molecular complexity index is 1210. The number of amides is 1. The Kier molecular flexibility index (Phi) is 9.38. The summed E-state index contributed by atoms with van der Waals surface area (Å²) < 4.78 is 9.95. The summed E-state index contributed by atoms with van der Waals surface area (Å²) in [7, 11) is 0. The van der Waals surface area contributed by atoms with Crippen molar-refractivity contribution in [2.45, 2.75) is 58.9 Å². The highest BCUT2D eigenvalue weighted by molar-refractivity contribution is 5.97. The predicted octanol–water partition coefficient (Wildman–Crippen LogP) is 3.03. The van der Waals surface area contributed by atoms with Crippen LogP contribution in [-0.4, -0.2) is 52.1 Å². The second kappa shape index (κ2) is 12.7. The topological polar surface area (TPSA) is 149 Å². The molecule has 0 aliphatic carbocycles. The van der Waals surface area contributed by atoms with Crippen LogP contribution in [0.1, 0.15) is 60.4 Å². The van der Waals surface area contributed by atoms with Crippen LogP contribution in [0.15, 0.2) is 30.5 Å². The van der Waals surface area contributed by atoms with Gasteiger partial charge in [0.1, 0.15) is 23.3 Å². The number of benzene rings is 1. The molecule has 192 valence electrons. The monoisotopic (exact) mass is 495 g/mol. The van der Waals surface area contributed by atoms with Gasteiger partial charge in [-0.05, 0) is 69.7 Å². The number of aryl methyl sites for hydroxylation is 3. The van der Waals surface area contributed by atoms with Crippen LogP contribution in [0.25, 0.3) is 11.0 Å². The van der Waals surface area contributed by atoms with Crippen molar-refractivity contribution in [3.63, 3.8) is 0 Å². The molecule has 4 N–H and O–H groups in total. The van der Waals surface area contributed by atoms with E-state index in [1.165, 1.54) is 0 Å². The van der Waals surface area contributed by atoms with Crippen molar-refractivity contribution in [3.05, 3.63) is 53.0 Å². The van der Waals surface area contributed by atoms with Gasteiger partial charge < -0.3 is 25.5 Å². The molecule has 36 heavy (non-hydrogen) atoms. The molecule has 1 atom stereocenters. The third-order valence-electron chi connectivity index (χ3n) is 5.70. The van der Waals surface area contributed by atoms with Crippen molar-refractivity contribution in [2.24, 2.45) is 0 Å². The lowest BCUT2D eigenvalue weighted by atomic mass is 10.0. The molecular weight excluding hydrogens is 462 g/mol. The number of hydrogen-bond acceptors (Lipinski definition) is 8. The minimum atomic E-state index is -0.932. The third kappa shape index (κ3) is 7.03. The lowest BCUT2D eigenvalue weighted by Gasteiger charge is -2.17. The first-order valence-electron chi connectivity index (χ1n) is 12.1. The van der Waals surface area contributed by atoms with Gasteiger partial charge in [-0.25, -0.2) is 14.8 Å². The Labute approximate surface area is 210 Å². The highest BCUT2D eigenvalue weighted by Crippen LogP contribution is 2.23. The lowest BCUT2D eigenvalue weighted by Crippen LogP contribution is -2.42. The fraction of sp³-hybridized carbons (Fsp3) is 0.423. The van der Waals surface area contributed by atoms with E-state index in [1.54, 1.807) is 32.9 Å². The number of H-pyrrole nitrogens is 1. The first-order chi connectivity index (χ1) is 17.3. The van der Waals surface area contributed by atoms with Crippen molar-refractivity contribution >= 4 is 34.7 Å². The summed E-state index contributed by atoms with van der Waals surface area (Å²) in [5.74, 6) is -0.306. The van der Waals surface area contributed by atoms with Gasteiger partial charge in [-0.15, -0.1) is 0 Å². The Morgan fingerprint density at radius 2 is 1.78 bits per heavy atom. The average molecular weight is 496 g/mol. The second-order valence-corrected chi connectivity index (χ2v) is 8.37. The van der Waals surface area contributed by atoms with Gasteiger partial charge in [0.25, 0.3) is 5.91 Å². The molecule has 10 nitrogen and oxygen atoms in total. The van der Waals surface area contributed by atoms with Gasteiger partial charge in [0.15, 0.2) is 0 Å². The van der Waals surface area contributed by atoms with Gasteiger partial charge in [-0.3, -0.25) is 9.59 Å². The molecule has 2 heterocycles. The van der Waals surface area contributed by atoms with E-state index in [9.17, 15) is 14.4 Å². The number of fused-ring (bicyclic) bond motifs is 1. The number of aromatic nitrogens is 3. The van der Waals surface area contributed by atoms with Crippen LogP contribution in [0.5, 0.6) is 0 Å². The summed E-state index contributed by atoms with van der Waals surface area (Å²) in [5, 5.41) is 3.54. The summed E-state index contributed by atoms with van der Waals surface area (Å²) in [4.78, 5) is 48.5. The van der Waals surface area contributed by atoms with Crippen molar-refractivity contribution in [1.29, 1.82) is 0 Å². The van der Waals surface area contributed by atoms with E-state index in [2.05, 4.69) is 20.3 Å². The Hall–Kier alpha value is -3.95. The van der Waals surface area contributed by atoms with Crippen LogP contribution in [0.4, 0.5) is 5.82 Å².